The first-order valence-corrected chi connectivity index (χ1v) is 10.2. The zero-order valence-electron chi connectivity index (χ0n) is 16.9. The van der Waals surface area contributed by atoms with Crippen LogP contribution in [0.4, 0.5) is 5.69 Å². The van der Waals surface area contributed by atoms with Crippen LogP contribution in [0.25, 0.3) is 0 Å². The number of benzene rings is 2. The van der Waals surface area contributed by atoms with Crippen LogP contribution >= 0.6 is 0 Å². The number of hydrogen-bond donors (Lipinski definition) is 2. The summed E-state index contributed by atoms with van der Waals surface area (Å²) in [6.45, 7) is 5.54. The number of nitrogens with one attached hydrogen (secondary N) is 1. The summed E-state index contributed by atoms with van der Waals surface area (Å²) in [5.41, 5.74) is 2.55. The van der Waals surface area contributed by atoms with E-state index < -0.39 is 5.97 Å². The topological polar surface area (TPSA) is 72.9 Å². The molecule has 1 heterocycles. The summed E-state index contributed by atoms with van der Waals surface area (Å²) in [4.78, 5) is 28.0. The molecule has 1 amide bonds. The van der Waals surface area contributed by atoms with Crippen molar-refractivity contribution < 1.29 is 14.7 Å². The standard InChI is InChI=1S/C23H29N3O3/c1-2-26(17-22(27)28)21-11-13-25(14-12-21)16-18-7-6-8-19(15-18)23(29)24-20-9-4-3-5-10-20/h3-10,15,21H,2,11-14,16-17H2,1H3,(H,24,29)(H,27,28). The van der Waals surface area contributed by atoms with Crippen molar-refractivity contribution in [2.24, 2.45) is 0 Å². The number of carboxylic acids is 1. The van der Waals surface area contributed by atoms with Gasteiger partial charge in [-0.2, -0.15) is 0 Å². The lowest BCUT2D eigenvalue weighted by Crippen LogP contribution is -2.46. The molecule has 1 fully saturated rings. The van der Waals surface area contributed by atoms with Gasteiger partial charge in [-0.15, -0.1) is 0 Å². The molecule has 3 rings (SSSR count). The van der Waals surface area contributed by atoms with Crippen molar-refractivity contribution in [2.75, 3.05) is 31.5 Å². The van der Waals surface area contributed by atoms with Gasteiger partial charge in [-0.25, -0.2) is 0 Å². The molecular formula is C23H29N3O3. The highest BCUT2D eigenvalue weighted by Gasteiger charge is 2.25. The second-order valence-corrected chi connectivity index (χ2v) is 7.48. The van der Waals surface area contributed by atoms with Crippen molar-refractivity contribution in [2.45, 2.75) is 32.4 Å². The van der Waals surface area contributed by atoms with Crippen LogP contribution in [-0.4, -0.2) is 59.0 Å². The number of rotatable bonds is 8. The fourth-order valence-corrected chi connectivity index (χ4v) is 3.91. The minimum Gasteiger partial charge on any atom is -0.480 e. The van der Waals surface area contributed by atoms with Gasteiger partial charge in [0, 0.05) is 23.8 Å². The maximum absolute atomic E-state index is 12.5. The van der Waals surface area contributed by atoms with Crippen LogP contribution in [0.2, 0.25) is 0 Å². The molecule has 2 aromatic rings. The normalized spacial score (nSPS) is 15.4. The molecule has 6 nitrogen and oxygen atoms in total. The van der Waals surface area contributed by atoms with Gasteiger partial charge in [0.15, 0.2) is 0 Å². The smallest absolute Gasteiger partial charge is 0.317 e. The van der Waals surface area contributed by atoms with E-state index in [1.165, 1.54) is 0 Å². The monoisotopic (exact) mass is 395 g/mol. The molecule has 6 heteroatoms. The van der Waals surface area contributed by atoms with E-state index in [9.17, 15) is 9.59 Å². The lowest BCUT2D eigenvalue weighted by molar-refractivity contribution is -0.139. The van der Waals surface area contributed by atoms with Crippen LogP contribution in [0.5, 0.6) is 0 Å². The Bertz CT molecular complexity index is 817. The number of likely N-dealkylation sites (N-methyl/N-ethyl adjacent to an activating group) is 1. The van der Waals surface area contributed by atoms with Crippen molar-refractivity contribution in [3.63, 3.8) is 0 Å². The van der Waals surface area contributed by atoms with E-state index in [-0.39, 0.29) is 12.5 Å². The second kappa shape index (κ2) is 10.2. The molecule has 154 valence electrons. The Morgan fingerprint density at radius 2 is 1.83 bits per heavy atom. The van der Waals surface area contributed by atoms with E-state index in [2.05, 4.69) is 10.2 Å². The number of carbonyl (C=O) groups excluding carboxylic acids is 1. The number of carboxylic acid groups (broad SMARTS) is 1. The first-order chi connectivity index (χ1) is 14.0. The van der Waals surface area contributed by atoms with Gasteiger partial charge in [0.05, 0.1) is 6.54 Å². The molecule has 0 atom stereocenters. The van der Waals surface area contributed by atoms with Gasteiger partial charge in [-0.1, -0.05) is 37.3 Å². The quantitative estimate of drug-likeness (QED) is 0.717. The van der Waals surface area contributed by atoms with Crippen molar-refractivity contribution in [3.8, 4) is 0 Å². The van der Waals surface area contributed by atoms with Gasteiger partial charge in [0.2, 0.25) is 0 Å². The molecule has 2 aromatic carbocycles. The van der Waals surface area contributed by atoms with E-state index in [1.807, 2.05) is 66.4 Å². The Morgan fingerprint density at radius 3 is 2.48 bits per heavy atom. The molecule has 0 bridgehead atoms. The fraction of sp³-hybridized carbons (Fsp3) is 0.391. The number of carbonyl (C=O) groups is 2. The van der Waals surface area contributed by atoms with Gasteiger partial charge in [0.1, 0.15) is 0 Å². The molecule has 2 N–H and O–H groups in total. The molecule has 29 heavy (non-hydrogen) atoms. The third-order valence-corrected chi connectivity index (χ3v) is 5.45. The first-order valence-electron chi connectivity index (χ1n) is 10.2. The molecular weight excluding hydrogens is 366 g/mol. The van der Waals surface area contributed by atoms with Gasteiger partial charge in [-0.05, 0) is 62.3 Å². The minimum absolute atomic E-state index is 0.107. The van der Waals surface area contributed by atoms with Gasteiger partial charge in [-0.3, -0.25) is 19.4 Å². The Balaban J connectivity index is 1.54. The summed E-state index contributed by atoms with van der Waals surface area (Å²) < 4.78 is 0. The summed E-state index contributed by atoms with van der Waals surface area (Å²) >= 11 is 0. The van der Waals surface area contributed by atoms with Crippen molar-refractivity contribution in [1.29, 1.82) is 0 Å². The molecule has 0 radical (unpaired) electrons. The van der Waals surface area contributed by atoms with Gasteiger partial charge < -0.3 is 10.4 Å². The molecule has 0 aromatic heterocycles. The summed E-state index contributed by atoms with van der Waals surface area (Å²) in [7, 11) is 0. The molecule has 1 saturated heterocycles. The van der Waals surface area contributed by atoms with Crippen LogP contribution in [0, 0.1) is 0 Å². The van der Waals surface area contributed by atoms with E-state index in [0.29, 0.717) is 11.6 Å². The number of para-hydroxylation sites is 1. The largest absolute Gasteiger partial charge is 0.480 e. The highest BCUT2D eigenvalue weighted by Crippen LogP contribution is 2.19. The minimum atomic E-state index is -0.764. The molecule has 0 aliphatic carbocycles. The van der Waals surface area contributed by atoms with E-state index in [1.54, 1.807) is 0 Å². The lowest BCUT2D eigenvalue weighted by atomic mass is 10.0. The number of hydrogen-bond acceptors (Lipinski definition) is 4. The number of piperidine rings is 1. The summed E-state index contributed by atoms with van der Waals surface area (Å²) in [6, 6.07) is 17.5. The Hall–Kier alpha value is -2.70. The Kier molecular flexibility index (Phi) is 7.38. The van der Waals surface area contributed by atoms with Crippen molar-refractivity contribution in [3.05, 3.63) is 65.7 Å². The molecule has 1 aliphatic heterocycles. The maximum Gasteiger partial charge on any atom is 0.317 e. The lowest BCUT2D eigenvalue weighted by Gasteiger charge is -2.37. The molecule has 0 unspecified atom stereocenters. The van der Waals surface area contributed by atoms with Crippen molar-refractivity contribution in [1.82, 2.24) is 9.80 Å². The number of likely N-dealkylation sites (tertiary alicyclic amines) is 1. The van der Waals surface area contributed by atoms with E-state index >= 15 is 0 Å². The molecule has 0 spiro atoms. The number of anilines is 1. The third kappa shape index (κ3) is 6.14. The average Bonchev–Trinajstić information content (AvgIpc) is 2.73. The zero-order valence-corrected chi connectivity index (χ0v) is 16.9. The maximum atomic E-state index is 12.5. The van der Waals surface area contributed by atoms with E-state index in [0.717, 1.165) is 50.3 Å². The van der Waals surface area contributed by atoms with Crippen molar-refractivity contribution >= 4 is 17.6 Å². The number of aliphatic carboxylic acids is 1. The van der Waals surface area contributed by atoms with Gasteiger partial charge >= 0.3 is 5.97 Å². The summed E-state index contributed by atoms with van der Waals surface area (Å²) in [6.07, 6.45) is 1.94. The Morgan fingerprint density at radius 1 is 1.10 bits per heavy atom. The third-order valence-electron chi connectivity index (χ3n) is 5.45. The average molecular weight is 396 g/mol. The fourth-order valence-electron chi connectivity index (χ4n) is 3.91. The molecule has 1 aliphatic rings. The van der Waals surface area contributed by atoms with E-state index in [4.69, 9.17) is 5.11 Å². The SMILES string of the molecule is CCN(CC(=O)O)C1CCN(Cc2cccc(C(=O)Nc3ccccc3)c2)CC1. The Labute approximate surface area is 172 Å². The molecule has 0 saturated carbocycles. The van der Waals surface area contributed by atoms with Crippen LogP contribution < -0.4 is 5.32 Å². The first kappa shape index (κ1) is 21.0. The predicted molar refractivity (Wildman–Crippen MR) is 114 cm³/mol. The highest BCUT2D eigenvalue weighted by atomic mass is 16.4. The van der Waals surface area contributed by atoms with Crippen LogP contribution in [0.15, 0.2) is 54.6 Å². The van der Waals surface area contributed by atoms with Crippen LogP contribution in [-0.2, 0) is 11.3 Å². The number of nitrogens with zero attached hydrogens (tertiary/aromatic N) is 2. The van der Waals surface area contributed by atoms with Gasteiger partial charge in [0.25, 0.3) is 5.91 Å². The second-order valence-electron chi connectivity index (χ2n) is 7.48. The number of amides is 1. The van der Waals surface area contributed by atoms with Crippen LogP contribution in [0.1, 0.15) is 35.7 Å². The summed E-state index contributed by atoms with van der Waals surface area (Å²) in [5, 5.41) is 12.0. The zero-order chi connectivity index (χ0) is 20.6. The highest BCUT2D eigenvalue weighted by molar-refractivity contribution is 6.04. The van der Waals surface area contributed by atoms with Crippen LogP contribution in [0.3, 0.4) is 0 Å². The summed E-state index contributed by atoms with van der Waals surface area (Å²) in [5.74, 6) is -0.871. The predicted octanol–water partition coefficient (Wildman–Crippen LogP) is 3.31.